The standard InChI is InChI=1S/C22H20F3N3O/c1-15-12-13-26-28(15)20-8-4-17(5-9-20)21(29)27(19-10-11-19)14-16-2-6-18(7-3-16)22(23,24)25/h2-9,12-13,19H,10-11,14H2,1H3. The summed E-state index contributed by atoms with van der Waals surface area (Å²) in [6.45, 7) is 2.24. The largest absolute Gasteiger partial charge is 0.416 e. The third-order valence-electron chi connectivity index (χ3n) is 5.07. The van der Waals surface area contributed by atoms with Crippen LogP contribution >= 0.6 is 0 Å². The van der Waals surface area contributed by atoms with Crippen molar-refractivity contribution in [3.05, 3.63) is 83.2 Å². The monoisotopic (exact) mass is 399 g/mol. The summed E-state index contributed by atoms with van der Waals surface area (Å²) in [5.74, 6) is -0.115. The first kappa shape index (κ1) is 19.2. The summed E-state index contributed by atoms with van der Waals surface area (Å²) in [7, 11) is 0. The van der Waals surface area contributed by atoms with Crippen molar-refractivity contribution in [3.63, 3.8) is 0 Å². The SMILES string of the molecule is Cc1ccnn1-c1ccc(C(=O)N(Cc2ccc(C(F)(F)F)cc2)C2CC2)cc1. The molecule has 0 radical (unpaired) electrons. The van der Waals surface area contributed by atoms with Crippen LogP contribution in [0.5, 0.6) is 0 Å². The van der Waals surface area contributed by atoms with E-state index in [0.717, 1.165) is 36.4 Å². The lowest BCUT2D eigenvalue weighted by Crippen LogP contribution is -2.32. The number of nitrogens with zero attached hydrogens (tertiary/aromatic N) is 3. The van der Waals surface area contributed by atoms with E-state index in [1.54, 1.807) is 27.9 Å². The summed E-state index contributed by atoms with van der Waals surface area (Å²) in [6.07, 6.45) is -0.819. The molecule has 0 aliphatic heterocycles. The number of rotatable bonds is 5. The minimum atomic E-state index is -4.36. The van der Waals surface area contributed by atoms with Crippen LogP contribution < -0.4 is 0 Å². The van der Waals surface area contributed by atoms with Gasteiger partial charge in [-0.25, -0.2) is 4.68 Å². The predicted octanol–water partition coefficient (Wildman–Crippen LogP) is 5.00. The molecule has 1 amide bonds. The molecule has 1 aliphatic carbocycles. The smallest absolute Gasteiger partial charge is 0.331 e. The lowest BCUT2D eigenvalue weighted by Gasteiger charge is -2.23. The topological polar surface area (TPSA) is 38.1 Å². The van der Waals surface area contributed by atoms with Crippen LogP contribution in [0.4, 0.5) is 13.2 Å². The fourth-order valence-electron chi connectivity index (χ4n) is 3.30. The number of hydrogen-bond donors (Lipinski definition) is 0. The fraction of sp³-hybridized carbons (Fsp3) is 0.273. The molecule has 1 fully saturated rings. The summed E-state index contributed by atoms with van der Waals surface area (Å²) in [5, 5.41) is 4.26. The van der Waals surface area contributed by atoms with E-state index in [4.69, 9.17) is 0 Å². The zero-order valence-electron chi connectivity index (χ0n) is 15.9. The third kappa shape index (κ3) is 4.18. The molecule has 1 aliphatic rings. The number of hydrogen-bond acceptors (Lipinski definition) is 2. The van der Waals surface area contributed by atoms with Gasteiger partial charge in [-0.2, -0.15) is 18.3 Å². The molecule has 4 nitrogen and oxygen atoms in total. The fourth-order valence-corrected chi connectivity index (χ4v) is 3.30. The third-order valence-corrected chi connectivity index (χ3v) is 5.07. The van der Waals surface area contributed by atoms with Crippen molar-refractivity contribution in [1.82, 2.24) is 14.7 Å². The van der Waals surface area contributed by atoms with Crippen LogP contribution in [-0.2, 0) is 12.7 Å². The average Bonchev–Trinajstić information content (AvgIpc) is 3.46. The summed E-state index contributed by atoms with van der Waals surface area (Å²) >= 11 is 0. The normalized spacial score (nSPS) is 14.1. The number of amides is 1. The molecule has 0 atom stereocenters. The molecule has 0 N–H and O–H groups in total. The number of carbonyl (C=O) groups excluding carboxylic acids is 1. The number of halogens is 3. The first-order valence-corrected chi connectivity index (χ1v) is 9.41. The highest BCUT2D eigenvalue weighted by Crippen LogP contribution is 2.32. The molecule has 1 heterocycles. The van der Waals surface area contributed by atoms with E-state index in [2.05, 4.69) is 5.10 Å². The van der Waals surface area contributed by atoms with Crippen LogP contribution in [0.15, 0.2) is 60.8 Å². The minimum absolute atomic E-state index is 0.115. The van der Waals surface area contributed by atoms with Crippen molar-refractivity contribution in [1.29, 1.82) is 0 Å². The highest BCUT2D eigenvalue weighted by molar-refractivity contribution is 5.94. The van der Waals surface area contributed by atoms with Gasteiger partial charge in [0.2, 0.25) is 0 Å². The molecule has 1 saturated carbocycles. The van der Waals surface area contributed by atoms with E-state index in [1.165, 1.54) is 12.1 Å². The summed E-state index contributed by atoms with van der Waals surface area (Å²) < 4.78 is 40.1. The van der Waals surface area contributed by atoms with Crippen LogP contribution in [0.2, 0.25) is 0 Å². The van der Waals surface area contributed by atoms with Gasteiger partial charge >= 0.3 is 6.18 Å². The van der Waals surface area contributed by atoms with E-state index >= 15 is 0 Å². The lowest BCUT2D eigenvalue weighted by molar-refractivity contribution is -0.137. The molecule has 150 valence electrons. The highest BCUT2D eigenvalue weighted by Gasteiger charge is 2.34. The van der Waals surface area contributed by atoms with Crippen LogP contribution in [0.25, 0.3) is 5.69 Å². The maximum atomic E-state index is 13.0. The van der Waals surface area contributed by atoms with Gasteiger partial charge in [0.15, 0.2) is 0 Å². The second kappa shape index (κ2) is 7.39. The molecular formula is C22H20F3N3O. The lowest BCUT2D eigenvalue weighted by atomic mass is 10.1. The van der Waals surface area contributed by atoms with Crippen LogP contribution in [-0.4, -0.2) is 26.6 Å². The Morgan fingerprint density at radius 3 is 2.24 bits per heavy atom. The Balaban J connectivity index is 1.51. The van der Waals surface area contributed by atoms with Crippen molar-refractivity contribution in [2.75, 3.05) is 0 Å². The minimum Gasteiger partial charge on any atom is -0.331 e. The average molecular weight is 399 g/mol. The molecule has 4 rings (SSSR count). The molecule has 0 saturated heterocycles. The van der Waals surface area contributed by atoms with Crippen LogP contribution in [0, 0.1) is 6.92 Å². The van der Waals surface area contributed by atoms with Gasteiger partial charge in [0, 0.05) is 30.0 Å². The Bertz CT molecular complexity index is 1000. The predicted molar refractivity (Wildman–Crippen MR) is 103 cm³/mol. The summed E-state index contributed by atoms with van der Waals surface area (Å²) in [5.41, 5.74) is 2.41. The molecular weight excluding hydrogens is 379 g/mol. The maximum Gasteiger partial charge on any atom is 0.416 e. The Hall–Kier alpha value is -3.09. The molecule has 3 aromatic rings. The second-order valence-corrected chi connectivity index (χ2v) is 7.29. The summed E-state index contributed by atoms with van der Waals surface area (Å²) in [6, 6.07) is 14.3. The Kier molecular flexibility index (Phi) is 4.90. The van der Waals surface area contributed by atoms with E-state index in [0.29, 0.717) is 17.7 Å². The Labute approximate surface area is 166 Å². The van der Waals surface area contributed by atoms with Gasteiger partial charge in [0.05, 0.1) is 11.3 Å². The zero-order chi connectivity index (χ0) is 20.6. The van der Waals surface area contributed by atoms with Gasteiger partial charge in [-0.05, 0) is 67.8 Å². The molecule has 29 heavy (non-hydrogen) atoms. The Morgan fingerprint density at radius 1 is 1.07 bits per heavy atom. The molecule has 0 bridgehead atoms. The van der Waals surface area contributed by atoms with Gasteiger partial charge in [-0.15, -0.1) is 0 Å². The van der Waals surface area contributed by atoms with Crippen LogP contribution in [0.3, 0.4) is 0 Å². The number of benzene rings is 2. The Morgan fingerprint density at radius 2 is 1.72 bits per heavy atom. The number of aromatic nitrogens is 2. The maximum absolute atomic E-state index is 13.0. The first-order chi connectivity index (χ1) is 13.8. The molecule has 0 spiro atoms. The van der Waals surface area contributed by atoms with Gasteiger partial charge in [0.25, 0.3) is 5.91 Å². The molecule has 2 aromatic carbocycles. The van der Waals surface area contributed by atoms with Crippen molar-refractivity contribution in [2.45, 2.75) is 38.5 Å². The van der Waals surface area contributed by atoms with E-state index in [-0.39, 0.29) is 11.9 Å². The van der Waals surface area contributed by atoms with E-state index < -0.39 is 11.7 Å². The van der Waals surface area contributed by atoms with Gasteiger partial charge in [0.1, 0.15) is 0 Å². The summed E-state index contributed by atoms with van der Waals surface area (Å²) in [4.78, 5) is 14.8. The van der Waals surface area contributed by atoms with Crippen molar-refractivity contribution in [2.24, 2.45) is 0 Å². The van der Waals surface area contributed by atoms with E-state index in [1.807, 2.05) is 25.1 Å². The van der Waals surface area contributed by atoms with Crippen molar-refractivity contribution in [3.8, 4) is 5.69 Å². The second-order valence-electron chi connectivity index (χ2n) is 7.29. The molecule has 7 heteroatoms. The van der Waals surface area contributed by atoms with Gasteiger partial charge in [-0.1, -0.05) is 12.1 Å². The molecule has 1 aromatic heterocycles. The van der Waals surface area contributed by atoms with Crippen LogP contribution in [0.1, 0.15) is 40.0 Å². The van der Waals surface area contributed by atoms with Gasteiger partial charge in [-0.3, -0.25) is 4.79 Å². The number of aryl methyl sites for hydroxylation is 1. The van der Waals surface area contributed by atoms with Crippen molar-refractivity contribution < 1.29 is 18.0 Å². The zero-order valence-corrected chi connectivity index (χ0v) is 15.9. The van der Waals surface area contributed by atoms with Gasteiger partial charge < -0.3 is 4.90 Å². The van der Waals surface area contributed by atoms with Crippen molar-refractivity contribution >= 4 is 5.91 Å². The van der Waals surface area contributed by atoms with E-state index in [9.17, 15) is 18.0 Å². The number of carbonyl (C=O) groups is 1. The molecule has 0 unspecified atom stereocenters. The first-order valence-electron chi connectivity index (χ1n) is 9.41. The quantitative estimate of drug-likeness (QED) is 0.605. The number of alkyl halides is 3. The highest BCUT2D eigenvalue weighted by atomic mass is 19.4.